The smallest absolute Gasteiger partial charge is 0.339 e. The summed E-state index contributed by atoms with van der Waals surface area (Å²) in [5, 5.41) is 2.66. The second kappa shape index (κ2) is 7.38. The van der Waals surface area contributed by atoms with Crippen LogP contribution >= 0.6 is 31.9 Å². The minimum Gasteiger partial charge on any atom is -0.452 e. The van der Waals surface area contributed by atoms with E-state index >= 15 is 0 Å². The molecule has 0 fully saturated rings. The monoisotopic (exact) mass is 411 g/mol. The average Bonchev–Trinajstić information content (AvgIpc) is 2.48. The van der Waals surface area contributed by atoms with Gasteiger partial charge in [0.2, 0.25) is 0 Å². The zero-order valence-corrected chi connectivity index (χ0v) is 14.0. The topological polar surface area (TPSA) is 55.4 Å². The molecule has 0 radical (unpaired) electrons. The number of nitrogens with one attached hydrogen (secondary N) is 1. The second-order valence-electron chi connectivity index (χ2n) is 4.08. The van der Waals surface area contributed by atoms with Gasteiger partial charge in [-0.05, 0) is 56.1 Å². The van der Waals surface area contributed by atoms with Crippen molar-refractivity contribution < 1.29 is 14.3 Å². The van der Waals surface area contributed by atoms with Crippen LogP contribution in [0.3, 0.4) is 0 Å². The second-order valence-corrected chi connectivity index (χ2v) is 5.79. The summed E-state index contributed by atoms with van der Waals surface area (Å²) in [5.74, 6) is -0.952. The fourth-order valence-corrected chi connectivity index (χ4v) is 2.42. The van der Waals surface area contributed by atoms with Gasteiger partial charge in [0.1, 0.15) is 0 Å². The maximum Gasteiger partial charge on any atom is 0.339 e. The number of ether oxygens (including phenoxy) is 1. The molecule has 2 aromatic carbocycles. The molecule has 4 nitrogen and oxygen atoms in total. The molecule has 0 spiro atoms. The molecule has 0 aliphatic carbocycles. The Bertz CT molecular complexity index is 673. The van der Waals surface area contributed by atoms with Gasteiger partial charge in [-0.2, -0.15) is 0 Å². The Hall–Kier alpha value is -1.66. The number of hydrogen-bond acceptors (Lipinski definition) is 3. The van der Waals surface area contributed by atoms with Crippen LogP contribution in [0.5, 0.6) is 0 Å². The zero-order valence-electron chi connectivity index (χ0n) is 10.8. The average molecular weight is 413 g/mol. The third kappa shape index (κ3) is 4.41. The fraction of sp³-hybridized carbons (Fsp3) is 0.0667. The first-order valence-electron chi connectivity index (χ1n) is 6.04. The van der Waals surface area contributed by atoms with E-state index in [1.807, 2.05) is 12.1 Å². The van der Waals surface area contributed by atoms with E-state index in [4.69, 9.17) is 4.74 Å². The lowest BCUT2D eigenvalue weighted by Gasteiger charge is -2.08. The number of halogens is 2. The van der Waals surface area contributed by atoms with Crippen LogP contribution in [0.1, 0.15) is 10.4 Å². The van der Waals surface area contributed by atoms with Crippen LogP contribution in [0.4, 0.5) is 5.69 Å². The molecule has 0 bridgehead atoms. The van der Waals surface area contributed by atoms with Crippen molar-refractivity contribution >= 4 is 49.4 Å². The highest BCUT2D eigenvalue weighted by molar-refractivity contribution is 9.11. The van der Waals surface area contributed by atoms with Gasteiger partial charge in [0, 0.05) is 8.95 Å². The molecule has 0 aromatic heterocycles. The van der Waals surface area contributed by atoms with Crippen LogP contribution in [0, 0.1) is 0 Å². The van der Waals surface area contributed by atoms with Gasteiger partial charge in [-0.25, -0.2) is 4.79 Å². The molecule has 0 saturated carbocycles. The summed E-state index contributed by atoms with van der Waals surface area (Å²) in [7, 11) is 0. The number of benzene rings is 2. The Kier molecular flexibility index (Phi) is 5.52. The molecule has 6 heteroatoms. The quantitative estimate of drug-likeness (QED) is 0.772. The highest BCUT2D eigenvalue weighted by atomic mass is 79.9. The zero-order chi connectivity index (χ0) is 15.2. The number of rotatable bonds is 4. The van der Waals surface area contributed by atoms with Crippen molar-refractivity contribution in [1.82, 2.24) is 0 Å². The van der Waals surface area contributed by atoms with Crippen LogP contribution in [0.25, 0.3) is 0 Å². The lowest BCUT2D eigenvalue weighted by Crippen LogP contribution is -2.21. The normalized spacial score (nSPS) is 10.0. The van der Waals surface area contributed by atoms with E-state index in [1.165, 1.54) is 0 Å². The molecule has 0 unspecified atom stereocenters. The van der Waals surface area contributed by atoms with Crippen LogP contribution in [-0.4, -0.2) is 18.5 Å². The maximum atomic E-state index is 11.8. The van der Waals surface area contributed by atoms with Gasteiger partial charge in [-0.15, -0.1) is 0 Å². The van der Waals surface area contributed by atoms with Crippen molar-refractivity contribution in [2.75, 3.05) is 11.9 Å². The van der Waals surface area contributed by atoms with Gasteiger partial charge in [0.15, 0.2) is 6.61 Å². The number of anilines is 1. The summed E-state index contributed by atoms with van der Waals surface area (Å²) >= 11 is 6.58. The van der Waals surface area contributed by atoms with Crippen LogP contribution in [0.15, 0.2) is 57.5 Å². The number of carbonyl (C=O) groups excluding carboxylic acids is 2. The molecule has 0 atom stereocenters. The van der Waals surface area contributed by atoms with Crippen LogP contribution < -0.4 is 5.32 Å². The first-order chi connectivity index (χ1) is 10.1. The third-order valence-electron chi connectivity index (χ3n) is 2.58. The van der Waals surface area contributed by atoms with E-state index in [9.17, 15) is 9.59 Å². The number of hydrogen-bond donors (Lipinski definition) is 1. The summed E-state index contributed by atoms with van der Waals surface area (Å²) < 4.78 is 6.37. The van der Waals surface area contributed by atoms with Gasteiger partial charge in [-0.1, -0.05) is 24.3 Å². The van der Waals surface area contributed by atoms with E-state index in [1.54, 1.807) is 36.4 Å². The molecule has 2 aromatic rings. The number of amides is 1. The van der Waals surface area contributed by atoms with Crippen molar-refractivity contribution in [1.29, 1.82) is 0 Å². The minimum atomic E-state index is -0.551. The summed E-state index contributed by atoms with van der Waals surface area (Å²) in [6, 6.07) is 14.1. The Balaban J connectivity index is 1.91. The fourth-order valence-electron chi connectivity index (χ4n) is 1.58. The molecule has 0 heterocycles. The molecule has 21 heavy (non-hydrogen) atoms. The summed E-state index contributed by atoms with van der Waals surface area (Å²) in [5.41, 5.74) is 1.01. The van der Waals surface area contributed by atoms with Crippen molar-refractivity contribution in [3.8, 4) is 0 Å². The Morgan fingerprint density at radius 3 is 2.24 bits per heavy atom. The van der Waals surface area contributed by atoms with Crippen LogP contribution in [-0.2, 0) is 9.53 Å². The third-order valence-corrected chi connectivity index (χ3v) is 3.96. The standard InChI is InChI=1S/C15H11Br2NO3/c16-11-6-2-1-5-10(11)15(20)21-9-14(19)18-13-8-4-3-7-12(13)17/h1-8H,9H2,(H,18,19). The maximum absolute atomic E-state index is 11.8. The highest BCUT2D eigenvalue weighted by Crippen LogP contribution is 2.21. The largest absolute Gasteiger partial charge is 0.452 e. The summed E-state index contributed by atoms with van der Waals surface area (Å²) in [6.07, 6.45) is 0. The predicted octanol–water partition coefficient (Wildman–Crippen LogP) is 4.01. The van der Waals surface area contributed by atoms with Crippen molar-refractivity contribution in [3.63, 3.8) is 0 Å². The minimum absolute atomic E-state index is 0.346. The molecular weight excluding hydrogens is 402 g/mol. The first kappa shape index (κ1) is 15.7. The van der Waals surface area contributed by atoms with E-state index in [-0.39, 0.29) is 6.61 Å². The van der Waals surface area contributed by atoms with Gasteiger partial charge in [0.05, 0.1) is 11.3 Å². The summed E-state index contributed by atoms with van der Waals surface area (Å²) in [6.45, 7) is -0.346. The van der Waals surface area contributed by atoms with E-state index < -0.39 is 11.9 Å². The van der Waals surface area contributed by atoms with Crippen molar-refractivity contribution in [2.24, 2.45) is 0 Å². The van der Waals surface area contributed by atoms with Gasteiger partial charge in [0.25, 0.3) is 5.91 Å². The first-order valence-corrected chi connectivity index (χ1v) is 7.62. The molecule has 0 aliphatic rings. The molecule has 0 aliphatic heterocycles. The Morgan fingerprint density at radius 2 is 1.57 bits per heavy atom. The SMILES string of the molecule is O=C(COC(=O)c1ccccc1Br)Nc1ccccc1Br. The number of para-hydroxylation sites is 1. The van der Waals surface area contributed by atoms with Gasteiger partial charge < -0.3 is 10.1 Å². The van der Waals surface area contributed by atoms with Crippen molar-refractivity contribution in [2.45, 2.75) is 0 Å². The molecule has 1 N–H and O–H groups in total. The highest BCUT2D eigenvalue weighted by Gasteiger charge is 2.13. The van der Waals surface area contributed by atoms with Gasteiger partial charge >= 0.3 is 5.97 Å². The Labute approximate surface area is 138 Å². The lowest BCUT2D eigenvalue weighted by molar-refractivity contribution is -0.119. The van der Waals surface area contributed by atoms with Crippen LogP contribution in [0.2, 0.25) is 0 Å². The molecular formula is C15H11Br2NO3. The molecule has 0 saturated heterocycles. The number of esters is 1. The lowest BCUT2D eigenvalue weighted by atomic mass is 10.2. The Morgan fingerprint density at radius 1 is 0.952 bits per heavy atom. The number of carbonyl (C=O) groups is 2. The van der Waals surface area contributed by atoms with E-state index in [0.29, 0.717) is 15.7 Å². The van der Waals surface area contributed by atoms with E-state index in [2.05, 4.69) is 37.2 Å². The molecule has 2 rings (SSSR count). The molecule has 108 valence electrons. The van der Waals surface area contributed by atoms with Gasteiger partial charge in [-0.3, -0.25) is 4.79 Å². The predicted molar refractivity (Wildman–Crippen MR) is 87.2 cm³/mol. The van der Waals surface area contributed by atoms with Crippen molar-refractivity contribution in [3.05, 3.63) is 63.0 Å². The van der Waals surface area contributed by atoms with E-state index in [0.717, 1.165) is 4.47 Å². The summed E-state index contributed by atoms with van der Waals surface area (Å²) in [4.78, 5) is 23.6. The molecule has 1 amide bonds.